The van der Waals surface area contributed by atoms with Crippen LogP contribution >= 0.6 is 0 Å². The van der Waals surface area contributed by atoms with Gasteiger partial charge in [0.1, 0.15) is 0 Å². The molecule has 0 amide bonds. The molecule has 0 heterocycles. The molecule has 0 saturated heterocycles. The maximum Gasteiger partial charge on any atom is 0.183 e. The first kappa shape index (κ1) is 9.84. The Labute approximate surface area is 61.8 Å². The molecule has 62 valence electrons. The SMILES string of the molecule is CCNNOC(C)(C)OC. The fourth-order valence-corrected chi connectivity index (χ4v) is 0.273. The second-order valence-corrected chi connectivity index (χ2v) is 2.34. The van der Waals surface area contributed by atoms with Crippen molar-refractivity contribution in [2.75, 3.05) is 13.7 Å². The zero-order chi connectivity index (χ0) is 8.04. The van der Waals surface area contributed by atoms with E-state index in [0.29, 0.717) is 0 Å². The monoisotopic (exact) mass is 148 g/mol. The molecule has 0 atom stereocenters. The standard InChI is InChI=1S/C6H16N2O2/c1-5-7-8-10-6(2,3)9-4/h7-8H,5H2,1-4H3. The van der Waals surface area contributed by atoms with E-state index in [1.165, 1.54) is 0 Å². The molecule has 0 saturated carbocycles. The van der Waals surface area contributed by atoms with Crippen molar-refractivity contribution in [2.45, 2.75) is 26.6 Å². The van der Waals surface area contributed by atoms with Crippen molar-refractivity contribution < 1.29 is 9.57 Å². The number of ether oxygens (including phenoxy) is 1. The molecule has 0 rings (SSSR count). The van der Waals surface area contributed by atoms with E-state index in [2.05, 4.69) is 11.0 Å². The summed E-state index contributed by atoms with van der Waals surface area (Å²) in [4.78, 5) is 5.04. The van der Waals surface area contributed by atoms with Gasteiger partial charge in [0.15, 0.2) is 5.79 Å². The van der Waals surface area contributed by atoms with Crippen molar-refractivity contribution in [1.29, 1.82) is 0 Å². The van der Waals surface area contributed by atoms with E-state index >= 15 is 0 Å². The lowest BCUT2D eigenvalue weighted by atomic mass is 10.4. The summed E-state index contributed by atoms with van der Waals surface area (Å²) in [6.45, 7) is 6.41. The van der Waals surface area contributed by atoms with Crippen molar-refractivity contribution in [1.82, 2.24) is 11.0 Å². The molecule has 10 heavy (non-hydrogen) atoms. The summed E-state index contributed by atoms with van der Waals surface area (Å²) in [6, 6.07) is 0. The van der Waals surface area contributed by atoms with Crippen molar-refractivity contribution in [2.24, 2.45) is 0 Å². The van der Waals surface area contributed by atoms with Crippen LogP contribution in [-0.4, -0.2) is 19.4 Å². The summed E-state index contributed by atoms with van der Waals surface area (Å²) in [5.74, 6) is -0.581. The van der Waals surface area contributed by atoms with Gasteiger partial charge in [-0.05, 0) is 13.8 Å². The Balaban J connectivity index is 3.28. The Kier molecular flexibility index (Phi) is 4.55. The number of hydrogen-bond acceptors (Lipinski definition) is 4. The molecule has 0 aliphatic rings. The second-order valence-electron chi connectivity index (χ2n) is 2.34. The van der Waals surface area contributed by atoms with Gasteiger partial charge >= 0.3 is 0 Å². The van der Waals surface area contributed by atoms with Crippen molar-refractivity contribution in [3.8, 4) is 0 Å². The Bertz CT molecular complexity index is 85.8. The van der Waals surface area contributed by atoms with Gasteiger partial charge in [-0.3, -0.25) is 4.84 Å². The largest absolute Gasteiger partial charge is 0.352 e. The predicted octanol–water partition coefficient (Wildman–Crippen LogP) is 0.415. The fourth-order valence-electron chi connectivity index (χ4n) is 0.273. The van der Waals surface area contributed by atoms with Crippen LogP contribution in [0.3, 0.4) is 0 Å². The van der Waals surface area contributed by atoms with Crippen molar-refractivity contribution >= 4 is 0 Å². The third kappa shape index (κ3) is 4.69. The normalized spacial score (nSPS) is 12.0. The lowest BCUT2D eigenvalue weighted by Crippen LogP contribution is -2.41. The molecule has 0 radical (unpaired) electrons. The van der Waals surface area contributed by atoms with Crippen LogP contribution in [-0.2, 0) is 9.57 Å². The lowest BCUT2D eigenvalue weighted by molar-refractivity contribution is -0.241. The average Bonchev–Trinajstić information content (AvgIpc) is 1.89. The van der Waals surface area contributed by atoms with Crippen LogP contribution in [0.5, 0.6) is 0 Å². The van der Waals surface area contributed by atoms with Gasteiger partial charge in [0, 0.05) is 13.7 Å². The number of nitrogens with one attached hydrogen (secondary N) is 2. The minimum atomic E-state index is -0.581. The molecule has 0 aromatic carbocycles. The number of methoxy groups -OCH3 is 1. The lowest BCUT2D eigenvalue weighted by Gasteiger charge is -2.22. The third-order valence-corrected chi connectivity index (χ3v) is 1.04. The van der Waals surface area contributed by atoms with Crippen LogP contribution < -0.4 is 11.0 Å². The molecule has 4 heteroatoms. The Morgan fingerprint density at radius 2 is 2.00 bits per heavy atom. The maximum atomic E-state index is 5.04. The van der Waals surface area contributed by atoms with Crippen LogP contribution in [0.2, 0.25) is 0 Å². The van der Waals surface area contributed by atoms with Gasteiger partial charge in [0.2, 0.25) is 0 Å². The Hall–Kier alpha value is -0.160. The molecule has 0 aliphatic heterocycles. The van der Waals surface area contributed by atoms with Gasteiger partial charge in [-0.2, -0.15) is 0 Å². The first-order valence-electron chi connectivity index (χ1n) is 3.33. The maximum absolute atomic E-state index is 5.04. The van der Waals surface area contributed by atoms with E-state index in [9.17, 15) is 0 Å². The summed E-state index contributed by atoms with van der Waals surface area (Å²) in [7, 11) is 1.59. The molecule has 4 nitrogen and oxygen atoms in total. The van der Waals surface area contributed by atoms with E-state index in [1.54, 1.807) is 7.11 Å². The summed E-state index contributed by atoms with van der Waals surface area (Å²) in [5.41, 5.74) is 5.34. The average molecular weight is 148 g/mol. The summed E-state index contributed by atoms with van der Waals surface area (Å²) in [5, 5.41) is 0. The highest BCUT2D eigenvalue weighted by atomic mass is 16.8. The van der Waals surface area contributed by atoms with Gasteiger partial charge in [0.05, 0.1) is 0 Å². The topological polar surface area (TPSA) is 42.5 Å². The molecule has 0 bridgehead atoms. The number of rotatable bonds is 5. The summed E-state index contributed by atoms with van der Waals surface area (Å²) >= 11 is 0. The number of hydrazine groups is 1. The highest BCUT2D eigenvalue weighted by Gasteiger charge is 2.15. The smallest absolute Gasteiger partial charge is 0.183 e. The van der Waals surface area contributed by atoms with Gasteiger partial charge in [-0.1, -0.05) is 6.92 Å². The zero-order valence-electron chi connectivity index (χ0n) is 7.02. The molecule has 0 aromatic rings. The first-order valence-corrected chi connectivity index (χ1v) is 3.33. The molecular formula is C6H16N2O2. The van der Waals surface area contributed by atoms with Gasteiger partial charge in [0.25, 0.3) is 0 Å². The molecule has 0 unspecified atom stereocenters. The molecule has 2 N–H and O–H groups in total. The fraction of sp³-hybridized carbons (Fsp3) is 1.00. The highest BCUT2D eigenvalue weighted by Crippen LogP contribution is 2.05. The van der Waals surface area contributed by atoms with Crippen molar-refractivity contribution in [3.63, 3.8) is 0 Å². The van der Waals surface area contributed by atoms with E-state index in [1.807, 2.05) is 20.8 Å². The van der Waals surface area contributed by atoms with E-state index in [-0.39, 0.29) is 0 Å². The minimum Gasteiger partial charge on any atom is -0.352 e. The van der Waals surface area contributed by atoms with Crippen LogP contribution in [0.4, 0.5) is 0 Å². The third-order valence-electron chi connectivity index (χ3n) is 1.04. The van der Waals surface area contributed by atoms with Crippen molar-refractivity contribution in [3.05, 3.63) is 0 Å². The van der Waals surface area contributed by atoms with Crippen LogP contribution in [0, 0.1) is 0 Å². The Morgan fingerprint density at radius 1 is 1.40 bits per heavy atom. The van der Waals surface area contributed by atoms with Gasteiger partial charge in [-0.25, -0.2) is 5.43 Å². The summed E-state index contributed by atoms with van der Waals surface area (Å²) < 4.78 is 4.96. The predicted molar refractivity (Wildman–Crippen MR) is 39.0 cm³/mol. The van der Waals surface area contributed by atoms with Gasteiger partial charge in [-0.15, -0.1) is 5.59 Å². The van der Waals surface area contributed by atoms with E-state index < -0.39 is 5.79 Å². The van der Waals surface area contributed by atoms with E-state index in [0.717, 1.165) is 6.54 Å². The Morgan fingerprint density at radius 3 is 2.40 bits per heavy atom. The molecule has 0 aromatic heterocycles. The number of hydrogen-bond donors (Lipinski definition) is 2. The molecule has 0 aliphatic carbocycles. The minimum absolute atomic E-state index is 0.581. The molecular weight excluding hydrogens is 132 g/mol. The highest BCUT2D eigenvalue weighted by molar-refractivity contribution is 4.47. The van der Waals surface area contributed by atoms with Crippen LogP contribution in [0.15, 0.2) is 0 Å². The zero-order valence-corrected chi connectivity index (χ0v) is 7.02. The quantitative estimate of drug-likeness (QED) is 0.337. The van der Waals surface area contributed by atoms with Gasteiger partial charge < -0.3 is 4.74 Å². The second kappa shape index (κ2) is 4.62. The first-order chi connectivity index (χ1) is 4.62. The van der Waals surface area contributed by atoms with Crippen LogP contribution in [0.25, 0.3) is 0 Å². The molecule has 0 fully saturated rings. The van der Waals surface area contributed by atoms with E-state index in [4.69, 9.17) is 9.57 Å². The van der Waals surface area contributed by atoms with Crippen LogP contribution in [0.1, 0.15) is 20.8 Å². The molecule has 0 spiro atoms. The summed E-state index contributed by atoms with van der Waals surface area (Å²) in [6.07, 6.45) is 0.